The number of aromatic amines is 1. The maximum absolute atomic E-state index is 12.3. The number of likely N-dealkylation sites (tertiary alicyclic amines) is 1. The van der Waals surface area contributed by atoms with Crippen molar-refractivity contribution in [3.8, 4) is 0 Å². The van der Waals surface area contributed by atoms with Crippen LogP contribution in [0.4, 0.5) is 0 Å². The van der Waals surface area contributed by atoms with Crippen molar-refractivity contribution in [3.05, 3.63) is 23.5 Å². The molecule has 114 valence electrons. The van der Waals surface area contributed by atoms with E-state index in [2.05, 4.69) is 4.98 Å². The van der Waals surface area contributed by atoms with Gasteiger partial charge in [-0.2, -0.15) is 0 Å². The monoisotopic (exact) mass is 292 g/mol. The fourth-order valence-corrected chi connectivity index (χ4v) is 2.64. The van der Waals surface area contributed by atoms with Gasteiger partial charge in [0.1, 0.15) is 5.69 Å². The van der Waals surface area contributed by atoms with Gasteiger partial charge in [0.15, 0.2) is 5.78 Å². The number of piperidine rings is 1. The molecule has 0 unspecified atom stereocenters. The predicted octanol–water partition coefficient (Wildman–Crippen LogP) is 1.93. The second-order valence-electron chi connectivity index (χ2n) is 5.53. The molecule has 6 heteroatoms. The number of nitrogens with zero attached hydrogens (tertiary/aromatic N) is 1. The van der Waals surface area contributed by atoms with Crippen molar-refractivity contribution in [2.75, 3.05) is 13.1 Å². The lowest BCUT2D eigenvalue weighted by Crippen LogP contribution is -2.38. The van der Waals surface area contributed by atoms with Gasteiger partial charge in [-0.15, -0.1) is 0 Å². The third-order valence-corrected chi connectivity index (χ3v) is 3.99. The van der Waals surface area contributed by atoms with E-state index in [1.165, 1.54) is 6.92 Å². The van der Waals surface area contributed by atoms with Crippen molar-refractivity contribution in [3.63, 3.8) is 0 Å². The summed E-state index contributed by atoms with van der Waals surface area (Å²) in [6.07, 6.45) is 4.08. The largest absolute Gasteiger partial charge is 0.481 e. The number of amides is 1. The Morgan fingerprint density at radius 1 is 1.33 bits per heavy atom. The highest BCUT2D eigenvalue weighted by Gasteiger charge is 2.24. The number of ketones is 1. The highest BCUT2D eigenvalue weighted by atomic mass is 16.4. The minimum Gasteiger partial charge on any atom is -0.481 e. The molecule has 1 aromatic rings. The van der Waals surface area contributed by atoms with Gasteiger partial charge in [0.2, 0.25) is 0 Å². The SMILES string of the molecule is CC(=O)c1c[nH]c(C(=O)N2CCC(CCC(=O)O)CC2)c1. The molecule has 1 aliphatic rings. The average Bonchev–Trinajstić information content (AvgIpc) is 2.95. The summed E-state index contributed by atoms with van der Waals surface area (Å²) in [5, 5.41) is 8.68. The summed E-state index contributed by atoms with van der Waals surface area (Å²) < 4.78 is 0. The molecule has 21 heavy (non-hydrogen) atoms. The van der Waals surface area contributed by atoms with Crippen LogP contribution in [0.3, 0.4) is 0 Å². The molecule has 2 N–H and O–H groups in total. The fraction of sp³-hybridized carbons (Fsp3) is 0.533. The molecule has 1 aliphatic heterocycles. The molecule has 0 aromatic carbocycles. The number of carboxylic acids is 1. The minimum atomic E-state index is -0.767. The Morgan fingerprint density at radius 3 is 2.52 bits per heavy atom. The molecule has 2 rings (SSSR count). The molecule has 1 fully saturated rings. The number of aliphatic carboxylic acids is 1. The molecule has 0 radical (unpaired) electrons. The smallest absolute Gasteiger partial charge is 0.303 e. The number of H-pyrrole nitrogens is 1. The third kappa shape index (κ3) is 3.93. The Morgan fingerprint density at radius 2 is 2.00 bits per heavy atom. The van der Waals surface area contributed by atoms with Crippen molar-refractivity contribution in [2.45, 2.75) is 32.6 Å². The van der Waals surface area contributed by atoms with Gasteiger partial charge in [-0.1, -0.05) is 0 Å². The summed E-state index contributed by atoms with van der Waals surface area (Å²) in [7, 11) is 0. The van der Waals surface area contributed by atoms with Gasteiger partial charge >= 0.3 is 5.97 Å². The molecule has 1 amide bonds. The van der Waals surface area contributed by atoms with E-state index in [0.29, 0.717) is 36.7 Å². The normalized spacial score (nSPS) is 16.0. The molecule has 0 bridgehead atoms. The first-order chi connectivity index (χ1) is 9.97. The van der Waals surface area contributed by atoms with Crippen LogP contribution >= 0.6 is 0 Å². The van der Waals surface area contributed by atoms with Crippen LogP contribution in [0.15, 0.2) is 12.3 Å². The Hall–Kier alpha value is -2.11. The fourth-order valence-electron chi connectivity index (χ4n) is 2.64. The van der Waals surface area contributed by atoms with Crippen LogP contribution in [0, 0.1) is 5.92 Å². The minimum absolute atomic E-state index is 0.0716. The highest BCUT2D eigenvalue weighted by molar-refractivity contribution is 5.99. The third-order valence-electron chi connectivity index (χ3n) is 3.99. The van der Waals surface area contributed by atoms with Crippen LogP contribution in [0.5, 0.6) is 0 Å². The van der Waals surface area contributed by atoms with Gasteiger partial charge in [0.25, 0.3) is 5.91 Å². The Bertz CT molecular complexity index is 542. The summed E-state index contributed by atoms with van der Waals surface area (Å²) in [4.78, 5) is 38.7. The van der Waals surface area contributed by atoms with Gasteiger partial charge < -0.3 is 15.0 Å². The lowest BCUT2D eigenvalue weighted by atomic mass is 9.92. The zero-order valence-electron chi connectivity index (χ0n) is 12.1. The molecular weight excluding hydrogens is 272 g/mol. The number of Topliss-reactive ketones (excluding diaryl/α,β-unsaturated/α-hetero) is 1. The average molecular weight is 292 g/mol. The molecular formula is C15H20N2O4. The second kappa shape index (κ2) is 6.56. The van der Waals surface area contributed by atoms with Gasteiger partial charge in [-0.3, -0.25) is 14.4 Å². The van der Waals surface area contributed by atoms with E-state index in [9.17, 15) is 14.4 Å². The van der Waals surface area contributed by atoms with E-state index < -0.39 is 5.97 Å². The van der Waals surface area contributed by atoms with E-state index in [0.717, 1.165) is 12.8 Å². The number of rotatable bonds is 5. The molecule has 6 nitrogen and oxygen atoms in total. The standard InChI is InChI=1S/C15H20N2O4/c1-10(18)12-8-13(16-9-12)15(21)17-6-4-11(5-7-17)2-3-14(19)20/h8-9,11,16H,2-7H2,1H3,(H,19,20). The van der Waals surface area contributed by atoms with Crippen molar-refractivity contribution in [1.82, 2.24) is 9.88 Å². The first kappa shape index (κ1) is 15.3. The van der Waals surface area contributed by atoms with Crippen molar-refractivity contribution >= 4 is 17.7 Å². The van der Waals surface area contributed by atoms with E-state index in [1.54, 1.807) is 17.2 Å². The van der Waals surface area contributed by atoms with Crippen molar-refractivity contribution in [1.29, 1.82) is 0 Å². The van der Waals surface area contributed by atoms with Gasteiger partial charge in [0, 0.05) is 31.3 Å². The highest BCUT2D eigenvalue weighted by Crippen LogP contribution is 2.23. The van der Waals surface area contributed by atoms with Crippen LogP contribution in [0.1, 0.15) is 53.5 Å². The molecule has 0 spiro atoms. The van der Waals surface area contributed by atoms with Crippen LogP contribution in [-0.2, 0) is 4.79 Å². The molecule has 1 aromatic heterocycles. The number of carboxylic acid groups (broad SMARTS) is 1. The number of carbonyl (C=O) groups is 3. The predicted molar refractivity (Wildman–Crippen MR) is 76.3 cm³/mol. The quantitative estimate of drug-likeness (QED) is 0.811. The summed E-state index contributed by atoms with van der Waals surface area (Å²) in [5.74, 6) is -0.560. The Balaban J connectivity index is 1.87. The molecule has 0 atom stereocenters. The number of hydrogen-bond acceptors (Lipinski definition) is 3. The van der Waals surface area contributed by atoms with Crippen molar-refractivity contribution in [2.24, 2.45) is 5.92 Å². The summed E-state index contributed by atoms with van der Waals surface area (Å²) in [6.45, 7) is 2.74. The summed E-state index contributed by atoms with van der Waals surface area (Å²) >= 11 is 0. The van der Waals surface area contributed by atoms with Gasteiger partial charge in [0.05, 0.1) is 0 Å². The first-order valence-electron chi connectivity index (χ1n) is 7.18. The Kier molecular flexibility index (Phi) is 4.77. The van der Waals surface area contributed by atoms with Crippen LogP contribution in [0.2, 0.25) is 0 Å². The number of hydrogen-bond donors (Lipinski definition) is 2. The van der Waals surface area contributed by atoms with E-state index in [-0.39, 0.29) is 18.1 Å². The van der Waals surface area contributed by atoms with Gasteiger partial charge in [-0.05, 0) is 38.2 Å². The zero-order chi connectivity index (χ0) is 15.4. The van der Waals surface area contributed by atoms with Crippen molar-refractivity contribution < 1.29 is 19.5 Å². The van der Waals surface area contributed by atoms with E-state index in [4.69, 9.17) is 5.11 Å². The van der Waals surface area contributed by atoms with E-state index in [1.807, 2.05) is 0 Å². The topological polar surface area (TPSA) is 90.5 Å². The van der Waals surface area contributed by atoms with Crippen LogP contribution < -0.4 is 0 Å². The second-order valence-corrected chi connectivity index (χ2v) is 5.53. The lowest BCUT2D eigenvalue weighted by Gasteiger charge is -2.31. The first-order valence-corrected chi connectivity index (χ1v) is 7.18. The summed E-state index contributed by atoms with van der Waals surface area (Å²) in [6, 6.07) is 1.58. The van der Waals surface area contributed by atoms with E-state index >= 15 is 0 Å². The maximum Gasteiger partial charge on any atom is 0.303 e. The molecule has 0 aliphatic carbocycles. The van der Waals surface area contributed by atoms with Crippen LogP contribution in [-0.4, -0.2) is 45.7 Å². The molecule has 2 heterocycles. The maximum atomic E-state index is 12.3. The number of aromatic nitrogens is 1. The van der Waals surface area contributed by atoms with Crippen LogP contribution in [0.25, 0.3) is 0 Å². The summed E-state index contributed by atoms with van der Waals surface area (Å²) in [5.41, 5.74) is 0.943. The van der Waals surface area contributed by atoms with Gasteiger partial charge in [-0.25, -0.2) is 0 Å². The Labute approximate surface area is 123 Å². The molecule has 1 saturated heterocycles. The molecule has 0 saturated carbocycles. The number of carbonyl (C=O) groups excluding carboxylic acids is 2. The zero-order valence-corrected chi connectivity index (χ0v) is 12.1. The number of nitrogens with one attached hydrogen (secondary N) is 1. The lowest BCUT2D eigenvalue weighted by molar-refractivity contribution is -0.137.